The second-order valence-corrected chi connectivity index (χ2v) is 4.72. The number of hydrogen-bond donors (Lipinski definition) is 2. The Hall–Kier alpha value is -0.920. The van der Waals surface area contributed by atoms with Crippen LogP contribution in [0.4, 0.5) is 0 Å². The van der Waals surface area contributed by atoms with Crippen LogP contribution in [0.15, 0.2) is 0 Å². The Bertz CT molecular complexity index is 398. The summed E-state index contributed by atoms with van der Waals surface area (Å²) in [5, 5.41) is 0. The highest BCUT2D eigenvalue weighted by atomic mass is 32.3. The van der Waals surface area contributed by atoms with Crippen molar-refractivity contribution in [3.05, 3.63) is 17.2 Å². The van der Waals surface area contributed by atoms with Crippen LogP contribution in [-0.2, 0) is 16.8 Å². The third-order valence-electron chi connectivity index (χ3n) is 2.27. The summed E-state index contributed by atoms with van der Waals surface area (Å²) in [6.07, 6.45) is 5.05. The lowest BCUT2D eigenvalue weighted by atomic mass is 10.2. The molecule has 0 aliphatic rings. The van der Waals surface area contributed by atoms with Gasteiger partial charge < -0.3 is 4.55 Å². The van der Waals surface area contributed by atoms with E-state index >= 15 is 0 Å². The van der Waals surface area contributed by atoms with Gasteiger partial charge in [0.1, 0.15) is 11.4 Å². The smallest absolute Gasteiger partial charge is 0.252 e. The first kappa shape index (κ1) is 16.1. The predicted molar refractivity (Wildman–Crippen MR) is 62.4 cm³/mol. The summed E-state index contributed by atoms with van der Waals surface area (Å²) in [5.74, 6) is 1.28. The molecule has 1 aromatic heterocycles. The molecule has 0 aliphatic heterocycles. The fourth-order valence-electron chi connectivity index (χ4n) is 1.35. The van der Waals surface area contributed by atoms with Gasteiger partial charge in [-0.3, -0.25) is 4.55 Å². The minimum atomic E-state index is -4.92. The van der Waals surface area contributed by atoms with Crippen LogP contribution in [0.1, 0.15) is 43.4 Å². The number of aryl methyl sites for hydroxylation is 3. The molecule has 0 saturated heterocycles. The number of nitrogens with one attached hydrogen (secondary N) is 2. The molecule has 0 aliphatic carbocycles. The van der Waals surface area contributed by atoms with E-state index in [1.165, 1.54) is 36.5 Å². The van der Waals surface area contributed by atoms with Crippen molar-refractivity contribution in [1.29, 1.82) is 0 Å². The van der Waals surface area contributed by atoms with Crippen LogP contribution in [0.5, 0.6) is 0 Å². The molecule has 17 heavy (non-hydrogen) atoms. The minimum Gasteiger partial charge on any atom is -0.726 e. The van der Waals surface area contributed by atoms with Gasteiger partial charge in [0, 0.05) is 20.3 Å². The summed E-state index contributed by atoms with van der Waals surface area (Å²) in [6.45, 7) is 6.44. The van der Waals surface area contributed by atoms with E-state index in [2.05, 4.69) is 30.7 Å². The van der Waals surface area contributed by atoms with Crippen LogP contribution in [-0.4, -0.2) is 22.5 Å². The summed E-state index contributed by atoms with van der Waals surface area (Å²) < 4.78 is 32.8. The maximum Gasteiger partial charge on any atom is 0.252 e. The lowest BCUT2D eigenvalue weighted by Gasteiger charge is -1.89. The standard InChI is InChI=1S/C10H18N2.H2O4S/c1-4-5-6-7-10-11-8(2)9(3)12-10;1-5(2,3)4/h4-7H2,1-3H3,(H,11,12);(H2,1,2,3,4). The number of rotatable bonds is 4. The second-order valence-electron chi connectivity index (χ2n) is 3.86. The zero-order valence-corrected chi connectivity index (χ0v) is 11.2. The first-order valence-corrected chi connectivity index (χ1v) is 6.86. The molecule has 1 aromatic rings. The van der Waals surface area contributed by atoms with Gasteiger partial charge in [0.05, 0.1) is 0 Å². The number of aromatic nitrogens is 2. The van der Waals surface area contributed by atoms with Gasteiger partial charge >= 0.3 is 0 Å². The molecule has 0 unspecified atom stereocenters. The van der Waals surface area contributed by atoms with E-state index in [0.717, 1.165) is 6.42 Å². The lowest BCUT2D eigenvalue weighted by Crippen LogP contribution is -2.09. The summed E-state index contributed by atoms with van der Waals surface area (Å²) in [7, 11) is -4.92. The topological polar surface area (TPSA) is 107 Å². The van der Waals surface area contributed by atoms with E-state index in [9.17, 15) is 0 Å². The van der Waals surface area contributed by atoms with Crippen LogP contribution in [0.25, 0.3) is 0 Å². The van der Waals surface area contributed by atoms with Crippen molar-refractivity contribution in [2.45, 2.75) is 46.5 Å². The van der Waals surface area contributed by atoms with Crippen molar-refractivity contribution in [2.24, 2.45) is 0 Å². The molecule has 6 nitrogen and oxygen atoms in total. The summed E-state index contributed by atoms with van der Waals surface area (Å²) in [4.78, 5) is 6.70. The average molecular weight is 264 g/mol. The largest absolute Gasteiger partial charge is 0.726 e. The number of unbranched alkanes of at least 4 members (excludes halogenated alkanes) is 2. The van der Waals surface area contributed by atoms with Gasteiger partial charge in [-0.1, -0.05) is 19.8 Å². The van der Waals surface area contributed by atoms with E-state index in [0.29, 0.717) is 0 Å². The number of aromatic amines is 2. The molecule has 0 bridgehead atoms. The van der Waals surface area contributed by atoms with Crippen molar-refractivity contribution in [2.75, 3.05) is 0 Å². The predicted octanol–water partition coefficient (Wildman–Crippen LogP) is 1.18. The van der Waals surface area contributed by atoms with Crippen LogP contribution < -0.4 is 4.98 Å². The van der Waals surface area contributed by atoms with E-state index < -0.39 is 10.4 Å². The molecule has 7 heteroatoms. The van der Waals surface area contributed by atoms with Crippen LogP contribution >= 0.6 is 0 Å². The van der Waals surface area contributed by atoms with E-state index in [4.69, 9.17) is 17.5 Å². The zero-order chi connectivity index (χ0) is 13.5. The maximum atomic E-state index is 8.63. The molecular formula is C10H20N2O4S. The summed E-state index contributed by atoms with van der Waals surface area (Å²) >= 11 is 0. The number of H-pyrrole nitrogens is 2. The minimum absolute atomic E-state index is 1.16. The van der Waals surface area contributed by atoms with Gasteiger partial charge in [-0.15, -0.1) is 0 Å². The van der Waals surface area contributed by atoms with Crippen molar-refractivity contribution >= 4 is 10.4 Å². The molecule has 0 aromatic carbocycles. The lowest BCUT2D eigenvalue weighted by molar-refractivity contribution is -0.397. The van der Waals surface area contributed by atoms with E-state index in [-0.39, 0.29) is 0 Å². The Kier molecular flexibility index (Phi) is 7.01. The van der Waals surface area contributed by atoms with Gasteiger partial charge in [0.25, 0.3) is 5.82 Å². The fraction of sp³-hybridized carbons (Fsp3) is 0.700. The molecule has 0 radical (unpaired) electrons. The SMILES string of the molecule is CCCCCc1[nH]c(C)c(C)[nH+]1.O=S(=O)([O-])O. The Labute approximate surface area is 102 Å². The number of hydrogen-bond acceptors (Lipinski definition) is 3. The first-order chi connectivity index (χ1) is 7.74. The van der Waals surface area contributed by atoms with E-state index in [1.54, 1.807) is 0 Å². The van der Waals surface area contributed by atoms with Gasteiger partial charge in [0.2, 0.25) is 10.4 Å². The van der Waals surface area contributed by atoms with E-state index in [1.807, 2.05) is 0 Å². The molecule has 1 heterocycles. The molecule has 0 saturated carbocycles. The van der Waals surface area contributed by atoms with Crippen molar-refractivity contribution < 1.29 is 22.5 Å². The third kappa shape index (κ3) is 9.98. The molecule has 0 fully saturated rings. The van der Waals surface area contributed by atoms with Crippen molar-refractivity contribution in [1.82, 2.24) is 4.98 Å². The van der Waals surface area contributed by atoms with Gasteiger partial charge in [-0.05, 0) is 6.42 Å². The Morgan fingerprint density at radius 2 is 1.88 bits per heavy atom. The van der Waals surface area contributed by atoms with Crippen LogP contribution in [0.3, 0.4) is 0 Å². The normalized spacial score (nSPS) is 10.9. The molecule has 0 spiro atoms. The fourth-order valence-corrected chi connectivity index (χ4v) is 1.35. The molecule has 100 valence electrons. The van der Waals surface area contributed by atoms with Crippen LogP contribution in [0.2, 0.25) is 0 Å². The molecular weight excluding hydrogens is 244 g/mol. The molecule has 1 rings (SSSR count). The maximum absolute atomic E-state index is 8.63. The monoisotopic (exact) mass is 264 g/mol. The Morgan fingerprint density at radius 3 is 2.24 bits per heavy atom. The second kappa shape index (κ2) is 7.41. The van der Waals surface area contributed by atoms with Crippen LogP contribution in [0, 0.1) is 13.8 Å². The Balaban J connectivity index is 0.000000437. The van der Waals surface area contributed by atoms with Gasteiger partial charge in [-0.2, -0.15) is 0 Å². The Morgan fingerprint density at radius 1 is 1.35 bits per heavy atom. The van der Waals surface area contributed by atoms with Crippen molar-refractivity contribution in [3.63, 3.8) is 0 Å². The first-order valence-electron chi connectivity index (χ1n) is 5.49. The zero-order valence-electron chi connectivity index (χ0n) is 10.4. The van der Waals surface area contributed by atoms with Gasteiger partial charge in [0.15, 0.2) is 0 Å². The summed E-state index contributed by atoms with van der Waals surface area (Å²) in [6, 6.07) is 0. The average Bonchev–Trinajstić information content (AvgIpc) is 2.44. The highest BCUT2D eigenvalue weighted by Gasteiger charge is 2.08. The molecule has 0 amide bonds. The molecule has 3 N–H and O–H groups in total. The summed E-state index contributed by atoms with van der Waals surface area (Å²) in [5.41, 5.74) is 2.53. The third-order valence-corrected chi connectivity index (χ3v) is 2.27. The van der Waals surface area contributed by atoms with Gasteiger partial charge in [-0.25, -0.2) is 18.4 Å². The molecule has 0 atom stereocenters. The highest BCUT2D eigenvalue weighted by molar-refractivity contribution is 7.79. The highest BCUT2D eigenvalue weighted by Crippen LogP contribution is 2.02. The number of imidazole rings is 1. The quantitative estimate of drug-likeness (QED) is 0.483. The van der Waals surface area contributed by atoms with Crippen molar-refractivity contribution in [3.8, 4) is 0 Å².